The Kier molecular flexibility index (Phi) is 4.43. The highest BCUT2D eigenvalue weighted by Crippen LogP contribution is 2.31. The van der Waals surface area contributed by atoms with Gasteiger partial charge in [0.25, 0.3) is 5.91 Å². The van der Waals surface area contributed by atoms with E-state index in [-0.39, 0.29) is 11.9 Å². The number of ether oxygens (including phenoxy) is 1. The van der Waals surface area contributed by atoms with Crippen LogP contribution in [0.15, 0.2) is 30.5 Å². The van der Waals surface area contributed by atoms with Crippen molar-refractivity contribution < 1.29 is 9.53 Å². The van der Waals surface area contributed by atoms with Gasteiger partial charge in [0.1, 0.15) is 0 Å². The fraction of sp³-hybridized carbons (Fsp3) is 0.412. The molecule has 2 bridgehead atoms. The van der Waals surface area contributed by atoms with Gasteiger partial charge in [0.2, 0.25) is 5.88 Å². The molecule has 0 aromatic carbocycles. The topological polar surface area (TPSA) is 54.5 Å². The van der Waals surface area contributed by atoms with Gasteiger partial charge in [0.05, 0.1) is 9.90 Å². The van der Waals surface area contributed by atoms with Gasteiger partial charge < -0.3 is 15.0 Å². The lowest BCUT2D eigenvalue weighted by Gasteiger charge is -2.44. The summed E-state index contributed by atoms with van der Waals surface area (Å²) in [5.74, 6) is 1.07. The predicted molar refractivity (Wildman–Crippen MR) is 94.1 cm³/mol. The summed E-state index contributed by atoms with van der Waals surface area (Å²) in [5, 5.41) is 4.40. The maximum Gasteiger partial charge on any atom is 0.261 e. The van der Waals surface area contributed by atoms with Crippen molar-refractivity contribution in [1.29, 1.82) is 0 Å². The van der Waals surface area contributed by atoms with Crippen LogP contribution in [0.25, 0.3) is 0 Å². The number of rotatable bonds is 4. The zero-order chi connectivity index (χ0) is 16.5. The van der Waals surface area contributed by atoms with Gasteiger partial charge in [-0.25, -0.2) is 4.98 Å². The first-order chi connectivity index (χ1) is 11.7. The van der Waals surface area contributed by atoms with Gasteiger partial charge in [-0.1, -0.05) is 22.9 Å². The number of carbonyl (C=O) groups excluding carboxylic acids is 1. The number of aromatic nitrogens is 1. The monoisotopic (exact) mass is 363 g/mol. The smallest absolute Gasteiger partial charge is 0.261 e. The molecule has 0 aliphatic carbocycles. The average molecular weight is 364 g/mol. The Morgan fingerprint density at radius 1 is 1.29 bits per heavy atom. The van der Waals surface area contributed by atoms with Gasteiger partial charge in [-0.3, -0.25) is 4.79 Å². The van der Waals surface area contributed by atoms with E-state index in [9.17, 15) is 4.79 Å². The molecule has 1 amide bonds. The van der Waals surface area contributed by atoms with Crippen LogP contribution in [0.1, 0.15) is 22.5 Å². The van der Waals surface area contributed by atoms with Crippen LogP contribution in [0, 0.1) is 5.92 Å². The van der Waals surface area contributed by atoms with E-state index < -0.39 is 0 Å². The number of halogens is 1. The van der Waals surface area contributed by atoms with Crippen LogP contribution in [0.5, 0.6) is 10.9 Å². The number of amides is 1. The van der Waals surface area contributed by atoms with Crippen molar-refractivity contribution in [3.05, 3.63) is 40.4 Å². The number of hydrogen-bond acceptors (Lipinski definition) is 5. The molecule has 0 radical (unpaired) electrons. The van der Waals surface area contributed by atoms with Crippen LogP contribution in [0.4, 0.5) is 0 Å². The average Bonchev–Trinajstić information content (AvgIpc) is 3.07. The summed E-state index contributed by atoms with van der Waals surface area (Å²) >= 11 is 7.14. The van der Waals surface area contributed by atoms with Gasteiger partial charge >= 0.3 is 0 Å². The molecule has 0 saturated carbocycles. The summed E-state index contributed by atoms with van der Waals surface area (Å²) in [4.78, 5) is 19.7. The third-order valence-electron chi connectivity index (χ3n) is 4.68. The first-order valence-corrected chi connectivity index (χ1v) is 9.29. The zero-order valence-corrected chi connectivity index (χ0v) is 14.6. The van der Waals surface area contributed by atoms with E-state index in [1.54, 1.807) is 24.3 Å². The first-order valence-electron chi connectivity index (χ1n) is 8.10. The number of pyridine rings is 1. The molecule has 7 heteroatoms. The second-order valence-electron chi connectivity index (χ2n) is 6.25. The Morgan fingerprint density at radius 3 is 2.79 bits per heavy atom. The van der Waals surface area contributed by atoms with Crippen molar-refractivity contribution in [3.8, 4) is 10.9 Å². The van der Waals surface area contributed by atoms with Gasteiger partial charge in [-0.2, -0.15) is 0 Å². The molecule has 1 N–H and O–H groups in total. The van der Waals surface area contributed by atoms with E-state index in [1.165, 1.54) is 43.5 Å². The number of nitrogens with zero attached hydrogens (tertiary/aromatic N) is 2. The quantitative estimate of drug-likeness (QED) is 0.904. The molecule has 5 heterocycles. The minimum absolute atomic E-state index is 0.0161. The minimum Gasteiger partial charge on any atom is -0.428 e. The van der Waals surface area contributed by atoms with Crippen LogP contribution in [0.2, 0.25) is 5.02 Å². The molecule has 5 rings (SSSR count). The number of piperidine rings is 3. The van der Waals surface area contributed by atoms with Crippen molar-refractivity contribution in [2.75, 3.05) is 19.6 Å². The largest absolute Gasteiger partial charge is 0.428 e. The Bertz CT molecular complexity index is 726. The van der Waals surface area contributed by atoms with Crippen molar-refractivity contribution in [1.82, 2.24) is 15.2 Å². The van der Waals surface area contributed by atoms with E-state index in [2.05, 4.69) is 15.2 Å². The molecule has 5 nitrogen and oxygen atoms in total. The second-order valence-corrected chi connectivity index (χ2v) is 7.74. The summed E-state index contributed by atoms with van der Waals surface area (Å²) in [6.07, 6.45) is 3.91. The molecule has 126 valence electrons. The fourth-order valence-electron chi connectivity index (χ4n) is 3.39. The third kappa shape index (κ3) is 3.41. The van der Waals surface area contributed by atoms with Gasteiger partial charge in [-0.05, 0) is 50.0 Å². The minimum atomic E-state index is -0.0161. The highest BCUT2D eigenvalue weighted by atomic mass is 35.5. The van der Waals surface area contributed by atoms with E-state index in [0.717, 1.165) is 6.54 Å². The Balaban J connectivity index is 1.39. The van der Waals surface area contributed by atoms with Crippen LogP contribution in [-0.4, -0.2) is 41.5 Å². The number of nitrogens with one attached hydrogen (secondary N) is 1. The van der Waals surface area contributed by atoms with Gasteiger partial charge in [0, 0.05) is 24.8 Å². The van der Waals surface area contributed by atoms with Crippen LogP contribution in [0.3, 0.4) is 0 Å². The predicted octanol–water partition coefficient (Wildman–Crippen LogP) is 3.41. The van der Waals surface area contributed by atoms with Gasteiger partial charge in [0.15, 0.2) is 5.06 Å². The normalized spacial score (nSPS) is 25.5. The second kappa shape index (κ2) is 6.70. The highest BCUT2D eigenvalue weighted by molar-refractivity contribution is 7.15. The maximum absolute atomic E-state index is 12.5. The number of thiophene rings is 1. The van der Waals surface area contributed by atoms with Crippen LogP contribution < -0.4 is 10.1 Å². The standard InChI is InChI=1S/C17H18ClN3O2S/c18-12-1-3-15(19-9-12)23-16-4-2-14(24-16)17(22)20-13-10-21-7-5-11(13)6-8-21/h1-4,9,11,13H,5-8,10H2,(H,20,22). The van der Waals surface area contributed by atoms with E-state index in [4.69, 9.17) is 16.3 Å². The first kappa shape index (κ1) is 15.9. The lowest BCUT2D eigenvalue weighted by molar-refractivity contribution is 0.0622. The maximum atomic E-state index is 12.5. The lowest BCUT2D eigenvalue weighted by Crippen LogP contribution is -2.57. The van der Waals surface area contributed by atoms with Crippen molar-refractivity contribution in [2.45, 2.75) is 18.9 Å². The highest BCUT2D eigenvalue weighted by Gasteiger charge is 2.35. The van der Waals surface area contributed by atoms with E-state index in [1.807, 2.05) is 0 Å². The number of fused-ring (bicyclic) bond motifs is 3. The summed E-state index contributed by atoms with van der Waals surface area (Å²) in [6, 6.07) is 7.29. The summed E-state index contributed by atoms with van der Waals surface area (Å²) in [7, 11) is 0. The molecule has 1 atom stereocenters. The molecule has 3 fully saturated rings. The molecule has 1 unspecified atom stereocenters. The van der Waals surface area contributed by atoms with Gasteiger partial charge in [-0.15, -0.1) is 0 Å². The molecule has 24 heavy (non-hydrogen) atoms. The summed E-state index contributed by atoms with van der Waals surface area (Å²) in [6.45, 7) is 3.31. The zero-order valence-electron chi connectivity index (χ0n) is 13.1. The third-order valence-corrected chi connectivity index (χ3v) is 5.87. The summed E-state index contributed by atoms with van der Waals surface area (Å²) in [5.41, 5.74) is 0. The Labute approximate surface area is 149 Å². The lowest BCUT2D eigenvalue weighted by atomic mass is 9.84. The molecule has 3 saturated heterocycles. The molecule has 3 aliphatic heterocycles. The molecular formula is C17H18ClN3O2S. The molecule has 0 spiro atoms. The SMILES string of the molecule is O=C(NC1CN2CCC1CC2)c1ccc(Oc2ccc(Cl)cn2)s1. The van der Waals surface area contributed by atoms with Crippen molar-refractivity contribution in [3.63, 3.8) is 0 Å². The van der Waals surface area contributed by atoms with Crippen molar-refractivity contribution >= 4 is 28.8 Å². The molecular weight excluding hydrogens is 346 g/mol. The number of hydrogen-bond donors (Lipinski definition) is 1. The molecule has 2 aromatic heterocycles. The number of carbonyl (C=O) groups is 1. The van der Waals surface area contributed by atoms with E-state index >= 15 is 0 Å². The van der Waals surface area contributed by atoms with Crippen LogP contribution in [-0.2, 0) is 0 Å². The molecule has 3 aliphatic rings. The Hall–Kier alpha value is -1.63. The van der Waals surface area contributed by atoms with E-state index in [0.29, 0.717) is 26.8 Å². The summed E-state index contributed by atoms with van der Waals surface area (Å²) < 4.78 is 5.66. The Morgan fingerprint density at radius 2 is 2.12 bits per heavy atom. The van der Waals surface area contributed by atoms with Crippen LogP contribution >= 0.6 is 22.9 Å². The fourth-order valence-corrected chi connectivity index (χ4v) is 4.27. The molecule has 2 aromatic rings. The van der Waals surface area contributed by atoms with Crippen molar-refractivity contribution in [2.24, 2.45) is 5.92 Å².